The number of hydrogen-bond acceptors (Lipinski definition) is 4. The topological polar surface area (TPSA) is 60.4 Å². The quantitative estimate of drug-likeness (QED) is 0.639. The van der Waals surface area contributed by atoms with Crippen LogP contribution in [0.1, 0.15) is 12.8 Å². The Morgan fingerprint density at radius 2 is 2.00 bits per heavy atom. The molecular weight excluding hydrogens is 227 g/mol. The fourth-order valence-corrected chi connectivity index (χ4v) is 1.48. The molecule has 4 nitrogen and oxygen atoms in total. The number of likely N-dealkylation sites (tertiary alicyclic amines) is 1. The van der Waals surface area contributed by atoms with Crippen LogP contribution in [0.15, 0.2) is 12.3 Å². The molecule has 1 rings (SSSR count). The maximum Gasteiger partial charge on any atom is 0.454 e. The predicted octanol–water partition coefficient (Wildman–Crippen LogP) is -0.154. The SMILES string of the molecule is O=C([O-])[C@H]1CCCN1/C=C/C(=O)C(F)(F)F. The largest absolute Gasteiger partial charge is 0.548 e. The summed E-state index contributed by atoms with van der Waals surface area (Å²) in [5.74, 6) is -3.35. The first-order valence-electron chi connectivity index (χ1n) is 4.58. The summed E-state index contributed by atoms with van der Waals surface area (Å²) in [5.41, 5.74) is 0. The van der Waals surface area contributed by atoms with Gasteiger partial charge in [0.1, 0.15) is 0 Å². The number of rotatable bonds is 3. The van der Waals surface area contributed by atoms with Crippen LogP contribution in [-0.2, 0) is 9.59 Å². The summed E-state index contributed by atoms with van der Waals surface area (Å²) in [5, 5.41) is 10.6. The van der Waals surface area contributed by atoms with Crippen LogP contribution >= 0.6 is 0 Å². The lowest BCUT2D eigenvalue weighted by Gasteiger charge is -2.23. The van der Waals surface area contributed by atoms with Crippen LogP contribution in [0.5, 0.6) is 0 Å². The standard InChI is InChI=1S/C9H10F3NO3/c10-9(11,12)7(14)3-5-13-4-1-2-6(13)8(15)16/h3,5-6H,1-2,4H2,(H,15,16)/p-1/b5-3+/t6-/m1/s1. The Labute approximate surface area is 89.3 Å². The number of alkyl halides is 3. The lowest BCUT2D eigenvalue weighted by Crippen LogP contribution is -2.42. The summed E-state index contributed by atoms with van der Waals surface area (Å²) >= 11 is 0. The van der Waals surface area contributed by atoms with E-state index in [0.29, 0.717) is 25.5 Å². The molecule has 0 aliphatic carbocycles. The zero-order valence-electron chi connectivity index (χ0n) is 8.16. The number of hydrogen-bond donors (Lipinski definition) is 0. The molecule has 0 spiro atoms. The first kappa shape index (κ1) is 12.5. The average molecular weight is 236 g/mol. The molecule has 16 heavy (non-hydrogen) atoms. The minimum absolute atomic E-state index is 0.306. The minimum atomic E-state index is -4.92. The number of aliphatic carboxylic acids is 1. The van der Waals surface area contributed by atoms with E-state index in [9.17, 15) is 27.9 Å². The van der Waals surface area contributed by atoms with Crippen LogP contribution in [0, 0.1) is 0 Å². The molecule has 0 N–H and O–H groups in total. The van der Waals surface area contributed by atoms with E-state index in [0.717, 1.165) is 6.20 Å². The van der Waals surface area contributed by atoms with Crippen molar-refractivity contribution < 1.29 is 27.9 Å². The van der Waals surface area contributed by atoms with Crippen molar-refractivity contribution in [3.05, 3.63) is 12.3 Å². The van der Waals surface area contributed by atoms with Gasteiger partial charge in [-0.3, -0.25) is 4.79 Å². The van der Waals surface area contributed by atoms with Crippen LogP contribution in [0.3, 0.4) is 0 Å². The summed E-state index contributed by atoms with van der Waals surface area (Å²) in [4.78, 5) is 22.2. The molecule has 0 aromatic heterocycles. The highest BCUT2D eigenvalue weighted by molar-refractivity contribution is 5.94. The summed E-state index contributed by atoms with van der Waals surface area (Å²) in [6.07, 6.45) is -2.87. The fraction of sp³-hybridized carbons (Fsp3) is 0.556. The van der Waals surface area contributed by atoms with Crippen molar-refractivity contribution >= 4 is 11.8 Å². The average Bonchev–Trinajstić information content (AvgIpc) is 2.60. The molecule has 0 radical (unpaired) electrons. The molecule has 0 aromatic carbocycles. The maximum atomic E-state index is 11.8. The van der Waals surface area contributed by atoms with E-state index >= 15 is 0 Å². The Kier molecular flexibility index (Phi) is 3.56. The predicted molar refractivity (Wildman–Crippen MR) is 44.9 cm³/mol. The molecule has 0 unspecified atom stereocenters. The maximum absolute atomic E-state index is 11.8. The first-order chi connectivity index (χ1) is 7.32. The van der Waals surface area contributed by atoms with Crippen LogP contribution in [0.25, 0.3) is 0 Å². The highest BCUT2D eigenvalue weighted by Crippen LogP contribution is 2.19. The third-order valence-corrected chi connectivity index (χ3v) is 2.26. The van der Waals surface area contributed by atoms with Gasteiger partial charge >= 0.3 is 6.18 Å². The van der Waals surface area contributed by atoms with Gasteiger partial charge in [-0.25, -0.2) is 0 Å². The molecule has 0 saturated carbocycles. The minimum Gasteiger partial charge on any atom is -0.548 e. The lowest BCUT2D eigenvalue weighted by molar-refractivity contribution is -0.310. The van der Waals surface area contributed by atoms with E-state index in [1.54, 1.807) is 0 Å². The van der Waals surface area contributed by atoms with Crippen molar-refractivity contribution in [1.29, 1.82) is 0 Å². The van der Waals surface area contributed by atoms with Gasteiger partial charge in [0.25, 0.3) is 5.78 Å². The molecule has 0 bridgehead atoms. The summed E-state index contributed by atoms with van der Waals surface area (Å²) < 4.78 is 35.5. The molecule has 1 aliphatic heterocycles. The molecule has 1 atom stereocenters. The van der Waals surface area contributed by atoms with Crippen LogP contribution < -0.4 is 5.11 Å². The second-order valence-corrected chi connectivity index (χ2v) is 3.39. The molecule has 0 aromatic rings. The van der Waals surface area contributed by atoms with Crippen LogP contribution in [0.2, 0.25) is 0 Å². The number of ketones is 1. The van der Waals surface area contributed by atoms with E-state index < -0.39 is 24.0 Å². The van der Waals surface area contributed by atoms with Crippen molar-refractivity contribution in [1.82, 2.24) is 4.90 Å². The van der Waals surface area contributed by atoms with Crippen molar-refractivity contribution in [3.8, 4) is 0 Å². The third kappa shape index (κ3) is 2.98. The van der Waals surface area contributed by atoms with Gasteiger partial charge in [0.05, 0.1) is 12.0 Å². The number of carboxylic acid groups (broad SMARTS) is 1. The zero-order valence-corrected chi connectivity index (χ0v) is 8.16. The summed E-state index contributed by atoms with van der Waals surface area (Å²) in [6, 6.07) is -0.947. The summed E-state index contributed by atoms with van der Waals surface area (Å²) in [7, 11) is 0. The first-order valence-corrected chi connectivity index (χ1v) is 4.58. The lowest BCUT2D eigenvalue weighted by atomic mass is 10.2. The number of allylic oxidation sites excluding steroid dienone is 1. The van der Waals surface area contributed by atoms with E-state index in [-0.39, 0.29) is 0 Å². The normalized spacial score (nSPS) is 21.7. The third-order valence-electron chi connectivity index (χ3n) is 2.26. The Morgan fingerprint density at radius 1 is 1.38 bits per heavy atom. The molecule has 1 saturated heterocycles. The van der Waals surface area contributed by atoms with Crippen molar-refractivity contribution in [2.45, 2.75) is 25.1 Å². The van der Waals surface area contributed by atoms with Crippen molar-refractivity contribution in [2.75, 3.05) is 6.54 Å². The van der Waals surface area contributed by atoms with E-state index in [4.69, 9.17) is 0 Å². The van der Waals surface area contributed by atoms with Crippen molar-refractivity contribution in [3.63, 3.8) is 0 Å². The van der Waals surface area contributed by atoms with Gasteiger partial charge in [0.2, 0.25) is 0 Å². The Hall–Kier alpha value is -1.53. The molecule has 1 aliphatic rings. The molecule has 1 fully saturated rings. The van der Waals surface area contributed by atoms with E-state index in [1.807, 2.05) is 0 Å². The van der Waals surface area contributed by atoms with Crippen molar-refractivity contribution in [2.24, 2.45) is 0 Å². The molecular formula is C9H9F3NO3-. The van der Waals surface area contributed by atoms with E-state index in [2.05, 4.69) is 0 Å². The Morgan fingerprint density at radius 3 is 2.50 bits per heavy atom. The van der Waals surface area contributed by atoms with Gasteiger partial charge in [-0.2, -0.15) is 13.2 Å². The number of carboxylic acids is 1. The molecule has 1 heterocycles. The van der Waals surface area contributed by atoms with Crippen LogP contribution in [-0.4, -0.2) is 35.4 Å². The zero-order chi connectivity index (χ0) is 12.3. The van der Waals surface area contributed by atoms with Crippen LogP contribution in [0.4, 0.5) is 13.2 Å². The Balaban J connectivity index is 2.63. The highest BCUT2D eigenvalue weighted by Gasteiger charge is 2.36. The summed E-state index contributed by atoms with van der Waals surface area (Å²) in [6.45, 7) is 0.306. The highest BCUT2D eigenvalue weighted by atomic mass is 19.4. The number of nitrogens with zero attached hydrogens (tertiary/aromatic N) is 1. The smallest absolute Gasteiger partial charge is 0.454 e. The van der Waals surface area contributed by atoms with Gasteiger partial charge in [-0.15, -0.1) is 0 Å². The molecule has 90 valence electrons. The van der Waals surface area contributed by atoms with E-state index in [1.165, 1.54) is 4.90 Å². The van der Waals surface area contributed by atoms with Gasteiger partial charge < -0.3 is 14.8 Å². The molecule has 7 heteroatoms. The molecule has 0 amide bonds. The second-order valence-electron chi connectivity index (χ2n) is 3.39. The van der Waals surface area contributed by atoms with Gasteiger partial charge in [0.15, 0.2) is 0 Å². The van der Waals surface area contributed by atoms with Gasteiger partial charge in [-0.05, 0) is 12.8 Å². The van der Waals surface area contributed by atoms with Gasteiger partial charge in [-0.1, -0.05) is 0 Å². The number of carbonyl (C=O) groups is 2. The number of carbonyl (C=O) groups excluding carboxylic acids is 2. The second kappa shape index (κ2) is 4.54. The number of halogens is 3. The monoisotopic (exact) mass is 236 g/mol. The fourth-order valence-electron chi connectivity index (χ4n) is 1.48. The van der Waals surface area contributed by atoms with Gasteiger partial charge in [0, 0.05) is 18.8 Å². The Bertz CT molecular complexity index is 324.